The highest BCUT2D eigenvalue weighted by Crippen LogP contribution is 2.23. The van der Waals surface area contributed by atoms with Gasteiger partial charge in [-0.3, -0.25) is 0 Å². The van der Waals surface area contributed by atoms with Gasteiger partial charge in [-0.1, -0.05) is 12.1 Å². The Morgan fingerprint density at radius 1 is 1.10 bits per heavy atom. The van der Waals surface area contributed by atoms with Gasteiger partial charge in [0.05, 0.1) is 17.2 Å². The lowest BCUT2D eigenvalue weighted by Gasteiger charge is -2.03. The maximum absolute atomic E-state index is 12.1. The number of anilines is 1. The zero-order valence-electron chi connectivity index (χ0n) is 10.5. The summed E-state index contributed by atoms with van der Waals surface area (Å²) in [6.07, 6.45) is 0. The van der Waals surface area contributed by atoms with E-state index in [1.807, 2.05) is 0 Å². The number of benzene rings is 2. The summed E-state index contributed by atoms with van der Waals surface area (Å²) in [4.78, 5) is 12.1. The molecular weight excluding hydrogens is 252 g/mol. The van der Waals surface area contributed by atoms with Crippen LogP contribution in [0.2, 0.25) is 0 Å². The largest absolute Gasteiger partial charge is 0.422 e. The smallest absolute Gasteiger partial charge is 0.344 e. The summed E-state index contributed by atoms with van der Waals surface area (Å²) in [6.45, 7) is 0. The van der Waals surface area contributed by atoms with Gasteiger partial charge in [-0.25, -0.2) is 4.79 Å². The van der Waals surface area contributed by atoms with E-state index >= 15 is 0 Å². The molecular formula is C16H10N2O2. The number of rotatable bonds is 1. The van der Waals surface area contributed by atoms with Gasteiger partial charge < -0.3 is 10.2 Å². The summed E-state index contributed by atoms with van der Waals surface area (Å²) in [5, 5.41) is 9.70. The van der Waals surface area contributed by atoms with Gasteiger partial charge >= 0.3 is 5.63 Å². The first-order valence-corrected chi connectivity index (χ1v) is 6.01. The SMILES string of the molecule is N#Cc1cccc(-c2cc3ccc(N)cc3oc2=O)c1. The molecule has 0 fully saturated rings. The lowest BCUT2D eigenvalue weighted by molar-refractivity contribution is 0.563. The lowest BCUT2D eigenvalue weighted by atomic mass is 10.0. The number of hydrogen-bond acceptors (Lipinski definition) is 4. The summed E-state index contributed by atoms with van der Waals surface area (Å²) >= 11 is 0. The third-order valence-corrected chi connectivity index (χ3v) is 3.06. The van der Waals surface area contributed by atoms with Gasteiger partial charge in [0, 0.05) is 17.1 Å². The zero-order chi connectivity index (χ0) is 14.1. The monoisotopic (exact) mass is 262 g/mol. The zero-order valence-corrected chi connectivity index (χ0v) is 10.5. The first kappa shape index (κ1) is 12.0. The van der Waals surface area contributed by atoms with Gasteiger partial charge in [0.15, 0.2) is 0 Å². The van der Waals surface area contributed by atoms with Crippen molar-refractivity contribution in [2.24, 2.45) is 0 Å². The summed E-state index contributed by atoms with van der Waals surface area (Å²) < 4.78 is 5.28. The number of nitrogens with zero attached hydrogens (tertiary/aromatic N) is 1. The molecule has 4 heteroatoms. The van der Waals surface area contributed by atoms with Crippen LogP contribution in [0.15, 0.2) is 57.7 Å². The van der Waals surface area contributed by atoms with Crippen molar-refractivity contribution >= 4 is 16.7 Å². The van der Waals surface area contributed by atoms with Crippen molar-refractivity contribution < 1.29 is 4.42 Å². The van der Waals surface area contributed by atoms with Crippen molar-refractivity contribution in [3.63, 3.8) is 0 Å². The van der Waals surface area contributed by atoms with E-state index in [0.717, 1.165) is 5.39 Å². The van der Waals surface area contributed by atoms with Gasteiger partial charge in [-0.15, -0.1) is 0 Å². The Morgan fingerprint density at radius 3 is 2.75 bits per heavy atom. The number of hydrogen-bond donors (Lipinski definition) is 1. The molecule has 0 spiro atoms. The molecule has 0 unspecified atom stereocenters. The Kier molecular flexibility index (Phi) is 2.73. The molecule has 0 bridgehead atoms. The molecule has 20 heavy (non-hydrogen) atoms. The molecule has 1 aromatic heterocycles. The van der Waals surface area contributed by atoms with Crippen molar-refractivity contribution in [2.45, 2.75) is 0 Å². The van der Waals surface area contributed by atoms with E-state index in [1.54, 1.807) is 48.5 Å². The number of nitriles is 1. The minimum atomic E-state index is -0.446. The van der Waals surface area contributed by atoms with E-state index in [0.29, 0.717) is 28.0 Å². The quantitative estimate of drug-likeness (QED) is 0.540. The van der Waals surface area contributed by atoms with Crippen molar-refractivity contribution in [2.75, 3.05) is 5.73 Å². The van der Waals surface area contributed by atoms with Crippen LogP contribution in [0.4, 0.5) is 5.69 Å². The van der Waals surface area contributed by atoms with Crippen LogP contribution in [0, 0.1) is 11.3 Å². The molecule has 4 nitrogen and oxygen atoms in total. The van der Waals surface area contributed by atoms with Crippen LogP contribution in [0.1, 0.15) is 5.56 Å². The van der Waals surface area contributed by atoms with E-state index in [4.69, 9.17) is 15.4 Å². The van der Waals surface area contributed by atoms with E-state index in [1.165, 1.54) is 0 Å². The topological polar surface area (TPSA) is 80.0 Å². The highest BCUT2D eigenvalue weighted by atomic mass is 16.4. The van der Waals surface area contributed by atoms with Crippen LogP contribution in [-0.2, 0) is 0 Å². The predicted octanol–water partition coefficient (Wildman–Crippen LogP) is 2.91. The molecule has 2 N–H and O–H groups in total. The van der Waals surface area contributed by atoms with E-state index in [-0.39, 0.29) is 0 Å². The second kappa shape index (κ2) is 4.56. The van der Waals surface area contributed by atoms with E-state index in [9.17, 15) is 4.79 Å². The molecule has 0 radical (unpaired) electrons. The molecule has 0 aliphatic carbocycles. The third-order valence-electron chi connectivity index (χ3n) is 3.06. The first-order chi connectivity index (χ1) is 9.67. The van der Waals surface area contributed by atoms with Crippen LogP contribution >= 0.6 is 0 Å². The van der Waals surface area contributed by atoms with E-state index < -0.39 is 5.63 Å². The normalized spacial score (nSPS) is 10.3. The average molecular weight is 262 g/mol. The molecule has 3 rings (SSSR count). The molecule has 96 valence electrons. The van der Waals surface area contributed by atoms with Gasteiger partial charge in [0.2, 0.25) is 0 Å². The second-order valence-electron chi connectivity index (χ2n) is 4.44. The minimum absolute atomic E-state index is 0.430. The molecule has 0 aliphatic rings. The molecule has 0 aliphatic heterocycles. The molecule has 0 atom stereocenters. The van der Waals surface area contributed by atoms with Crippen molar-refractivity contribution in [3.05, 3.63) is 64.5 Å². The third kappa shape index (κ3) is 2.02. The predicted molar refractivity (Wildman–Crippen MR) is 77.0 cm³/mol. The van der Waals surface area contributed by atoms with Crippen molar-refractivity contribution in [1.82, 2.24) is 0 Å². The fourth-order valence-electron chi connectivity index (χ4n) is 2.09. The Balaban J connectivity index is 2.26. The summed E-state index contributed by atoms with van der Waals surface area (Å²) in [5.41, 5.74) is 7.81. The maximum atomic E-state index is 12.1. The fourth-order valence-corrected chi connectivity index (χ4v) is 2.09. The van der Waals surface area contributed by atoms with Crippen LogP contribution in [0.3, 0.4) is 0 Å². The van der Waals surface area contributed by atoms with Gasteiger partial charge in [0.1, 0.15) is 5.58 Å². The fraction of sp³-hybridized carbons (Fsp3) is 0. The van der Waals surface area contributed by atoms with Gasteiger partial charge in [-0.05, 0) is 35.9 Å². The summed E-state index contributed by atoms with van der Waals surface area (Å²) in [7, 11) is 0. The van der Waals surface area contributed by atoms with Crippen LogP contribution in [0.25, 0.3) is 22.1 Å². The summed E-state index contributed by atoms with van der Waals surface area (Å²) in [5.74, 6) is 0. The molecule has 2 aromatic carbocycles. The van der Waals surface area contributed by atoms with Crippen LogP contribution in [0.5, 0.6) is 0 Å². The minimum Gasteiger partial charge on any atom is -0.422 e. The Labute approximate surface area is 114 Å². The highest BCUT2D eigenvalue weighted by Gasteiger charge is 2.08. The lowest BCUT2D eigenvalue weighted by Crippen LogP contribution is -2.03. The number of fused-ring (bicyclic) bond motifs is 1. The number of nitrogen functional groups attached to an aromatic ring is 1. The molecule has 1 heterocycles. The average Bonchev–Trinajstić information content (AvgIpc) is 2.46. The number of nitrogens with two attached hydrogens (primary N) is 1. The molecule has 0 saturated heterocycles. The Morgan fingerprint density at radius 2 is 1.95 bits per heavy atom. The van der Waals surface area contributed by atoms with Crippen LogP contribution in [-0.4, -0.2) is 0 Å². The highest BCUT2D eigenvalue weighted by molar-refractivity contribution is 5.84. The van der Waals surface area contributed by atoms with Gasteiger partial charge in [0.25, 0.3) is 0 Å². The van der Waals surface area contributed by atoms with Crippen molar-refractivity contribution in [1.29, 1.82) is 5.26 Å². The van der Waals surface area contributed by atoms with Crippen LogP contribution < -0.4 is 11.4 Å². The summed E-state index contributed by atoms with van der Waals surface area (Å²) in [6, 6.07) is 15.8. The molecule has 3 aromatic rings. The van der Waals surface area contributed by atoms with Crippen molar-refractivity contribution in [3.8, 4) is 17.2 Å². The Hall–Kier alpha value is -3.06. The maximum Gasteiger partial charge on any atom is 0.344 e. The molecule has 0 amide bonds. The standard InChI is InChI=1S/C16H10N2O2/c17-9-10-2-1-3-11(6-10)14-7-12-4-5-13(18)8-15(12)20-16(14)19/h1-8H,18H2. The van der Waals surface area contributed by atoms with Gasteiger partial charge in [-0.2, -0.15) is 5.26 Å². The first-order valence-electron chi connectivity index (χ1n) is 6.01. The molecule has 0 saturated carbocycles. The second-order valence-corrected chi connectivity index (χ2v) is 4.44. The Bertz CT molecular complexity index is 904. The van der Waals surface area contributed by atoms with E-state index in [2.05, 4.69) is 6.07 Å².